The second-order valence-corrected chi connectivity index (χ2v) is 4.89. The molecule has 24 heavy (non-hydrogen) atoms. The number of nitrogens with zero attached hydrogens (tertiary/aromatic N) is 1. The van der Waals surface area contributed by atoms with Crippen molar-refractivity contribution in [3.05, 3.63) is 42.2 Å². The molecule has 7 nitrogen and oxygen atoms in total. The summed E-state index contributed by atoms with van der Waals surface area (Å²) in [5.74, 6) is 1.26. The first kappa shape index (κ1) is 17.6. The van der Waals surface area contributed by atoms with Crippen molar-refractivity contribution in [3.8, 4) is 17.2 Å². The van der Waals surface area contributed by atoms with Crippen molar-refractivity contribution >= 4 is 11.6 Å². The summed E-state index contributed by atoms with van der Waals surface area (Å²) in [6.45, 7) is 0.677. The third-order valence-electron chi connectivity index (χ3n) is 3.27. The standard InChI is InChI=1S/C17H21N3O4/c1-22-14-8-13(9-15(23-2)17(14)24-3)20-16(21)11-18-10-12-6-4-5-7-19-12/h4-9,18H,10-11H2,1-3H3,(H,20,21). The Morgan fingerprint density at radius 1 is 1.08 bits per heavy atom. The van der Waals surface area contributed by atoms with Crippen molar-refractivity contribution < 1.29 is 19.0 Å². The van der Waals surface area contributed by atoms with E-state index in [1.54, 1.807) is 18.3 Å². The maximum Gasteiger partial charge on any atom is 0.238 e. The smallest absolute Gasteiger partial charge is 0.238 e. The molecule has 0 aliphatic carbocycles. The summed E-state index contributed by atoms with van der Waals surface area (Å²) in [5, 5.41) is 5.83. The molecule has 0 aliphatic heterocycles. The Morgan fingerprint density at radius 2 is 1.79 bits per heavy atom. The van der Waals surface area contributed by atoms with E-state index >= 15 is 0 Å². The molecule has 128 valence electrons. The van der Waals surface area contributed by atoms with E-state index in [0.717, 1.165) is 5.69 Å². The van der Waals surface area contributed by atoms with Crippen molar-refractivity contribution in [3.63, 3.8) is 0 Å². The third-order valence-corrected chi connectivity index (χ3v) is 3.27. The highest BCUT2D eigenvalue weighted by atomic mass is 16.5. The zero-order valence-electron chi connectivity index (χ0n) is 14.0. The van der Waals surface area contributed by atoms with Gasteiger partial charge in [0.05, 0.1) is 33.6 Å². The first-order valence-electron chi connectivity index (χ1n) is 7.38. The number of hydrogen-bond acceptors (Lipinski definition) is 6. The van der Waals surface area contributed by atoms with E-state index < -0.39 is 0 Å². The SMILES string of the molecule is COc1cc(NC(=O)CNCc2ccccn2)cc(OC)c1OC. The van der Waals surface area contributed by atoms with Crippen LogP contribution in [0.3, 0.4) is 0 Å². The molecular weight excluding hydrogens is 310 g/mol. The van der Waals surface area contributed by atoms with Gasteiger partial charge in [0.2, 0.25) is 11.7 Å². The fourth-order valence-corrected chi connectivity index (χ4v) is 2.17. The van der Waals surface area contributed by atoms with Gasteiger partial charge < -0.3 is 24.8 Å². The monoisotopic (exact) mass is 331 g/mol. The van der Waals surface area contributed by atoms with E-state index in [2.05, 4.69) is 15.6 Å². The lowest BCUT2D eigenvalue weighted by molar-refractivity contribution is -0.115. The summed E-state index contributed by atoms with van der Waals surface area (Å²) in [6.07, 6.45) is 1.72. The molecule has 0 fully saturated rings. The minimum absolute atomic E-state index is 0.160. The molecule has 0 bridgehead atoms. The number of rotatable bonds is 8. The molecule has 0 atom stereocenters. The van der Waals surface area contributed by atoms with Crippen LogP contribution >= 0.6 is 0 Å². The van der Waals surface area contributed by atoms with Gasteiger partial charge in [0, 0.05) is 30.6 Å². The number of pyridine rings is 1. The van der Waals surface area contributed by atoms with Gasteiger partial charge in [-0.05, 0) is 12.1 Å². The van der Waals surface area contributed by atoms with Gasteiger partial charge in [0.1, 0.15) is 0 Å². The summed E-state index contributed by atoms with van der Waals surface area (Å²) in [6, 6.07) is 9.00. The van der Waals surface area contributed by atoms with Crippen molar-refractivity contribution in [2.75, 3.05) is 33.2 Å². The number of carbonyl (C=O) groups is 1. The van der Waals surface area contributed by atoms with Gasteiger partial charge in [-0.2, -0.15) is 0 Å². The van der Waals surface area contributed by atoms with Gasteiger partial charge in [0.15, 0.2) is 11.5 Å². The molecule has 1 heterocycles. The second kappa shape index (κ2) is 8.73. The van der Waals surface area contributed by atoms with Crippen LogP contribution in [0, 0.1) is 0 Å². The molecule has 2 rings (SSSR count). The van der Waals surface area contributed by atoms with Crippen molar-refractivity contribution in [1.82, 2.24) is 10.3 Å². The lowest BCUT2D eigenvalue weighted by Gasteiger charge is -2.14. The molecule has 1 aromatic heterocycles. The first-order chi connectivity index (χ1) is 11.7. The topological polar surface area (TPSA) is 81.7 Å². The molecule has 2 aromatic rings. The Bertz CT molecular complexity index is 652. The van der Waals surface area contributed by atoms with E-state index in [1.807, 2.05) is 18.2 Å². The molecule has 2 N–H and O–H groups in total. The number of benzene rings is 1. The highest BCUT2D eigenvalue weighted by Crippen LogP contribution is 2.39. The predicted molar refractivity (Wildman–Crippen MR) is 90.7 cm³/mol. The maximum atomic E-state index is 12.0. The van der Waals surface area contributed by atoms with Crippen LogP contribution in [0.4, 0.5) is 5.69 Å². The average Bonchev–Trinajstić information content (AvgIpc) is 2.61. The zero-order valence-corrected chi connectivity index (χ0v) is 14.0. The Labute approximate surface area is 140 Å². The number of methoxy groups -OCH3 is 3. The van der Waals surface area contributed by atoms with Gasteiger partial charge in [-0.3, -0.25) is 9.78 Å². The van der Waals surface area contributed by atoms with E-state index in [-0.39, 0.29) is 12.5 Å². The number of nitrogens with one attached hydrogen (secondary N) is 2. The minimum atomic E-state index is -0.180. The van der Waals surface area contributed by atoms with Gasteiger partial charge in [-0.15, -0.1) is 0 Å². The van der Waals surface area contributed by atoms with Crippen LogP contribution in [0.5, 0.6) is 17.2 Å². The molecule has 0 unspecified atom stereocenters. The van der Waals surface area contributed by atoms with Gasteiger partial charge in [-0.1, -0.05) is 6.07 Å². The number of anilines is 1. The van der Waals surface area contributed by atoms with Crippen LogP contribution < -0.4 is 24.8 Å². The highest BCUT2D eigenvalue weighted by molar-refractivity contribution is 5.93. The molecule has 7 heteroatoms. The van der Waals surface area contributed by atoms with Crippen LogP contribution in [0.25, 0.3) is 0 Å². The number of ether oxygens (including phenoxy) is 3. The fraction of sp³-hybridized carbons (Fsp3) is 0.294. The van der Waals surface area contributed by atoms with Crippen molar-refractivity contribution in [2.45, 2.75) is 6.54 Å². The molecule has 0 radical (unpaired) electrons. The molecule has 1 amide bonds. The van der Waals surface area contributed by atoms with Crippen LogP contribution in [-0.2, 0) is 11.3 Å². The Kier molecular flexibility index (Phi) is 6.39. The van der Waals surface area contributed by atoms with E-state index in [1.165, 1.54) is 21.3 Å². The van der Waals surface area contributed by atoms with E-state index in [4.69, 9.17) is 14.2 Å². The number of hydrogen-bond donors (Lipinski definition) is 2. The van der Waals surface area contributed by atoms with E-state index in [9.17, 15) is 4.79 Å². The summed E-state index contributed by atoms with van der Waals surface area (Å²) in [7, 11) is 4.58. The molecule has 0 spiro atoms. The van der Waals surface area contributed by atoms with Gasteiger partial charge >= 0.3 is 0 Å². The van der Waals surface area contributed by atoms with Crippen molar-refractivity contribution in [1.29, 1.82) is 0 Å². The van der Waals surface area contributed by atoms with Crippen LogP contribution in [0.15, 0.2) is 36.5 Å². The molecule has 0 saturated carbocycles. The lowest BCUT2D eigenvalue weighted by Crippen LogP contribution is -2.28. The Morgan fingerprint density at radius 3 is 2.33 bits per heavy atom. The maximum absolute atomic E-state index is 12.0. The Hall–Kier alpha value is -2.80. The Balaban J connectivity index is 1.96. The summed E-state index contributed by atoms with van der Waals surface area (Å²) >= 11 is 0. The molecule has 0 saturated heterocycles. The lowest BCUT2D eigenvalue weighted by atomic mass is 10.2. The number of carbonyl (C=O) groups excluding carboxylic acids is 1. The highest BCUT2D eigenvalue weighted by Gasteiger charge is 2.14. The molecular formula is C17H21N3O4. The summed E-state index contributed by atoms with van der Waals surface area (Å²) in [5.41, 5.74) is 1.44. The van der Waals surface area contributed by atoms with Crippen LogP contribution in [-0.4, -0.2) is 38.8 Å². The summed E-state index contributed by atoms with van der Waals surface area (Å²) < 4.78 is 15.8. The first-order valence-corrected chi connectivity index (χ1v) is 7.38. The number of amides is 1. The molecule has 0 aliphatic rings. The van der Waals surface area contributed by atoms with Crippen LogP contribution in [0.2, 0.25) is 0 Å². The predicted octanol–water partition coefficient (Wildman–Crippen LogP) is 1.84. The van der Waals surface area contributed by atoms with Gasteiger partial charge in [-0.25, -0.2) is 0 Å². The fourth-order valence-electron chi connectivity index (χ4n) is 2.17. The quantitative estimate of drug-likeness (QED) is 0.768. The number of aromatic nitrogens is 1. The summed E-state index contributed by atoms with van der Waals surface area (Å²) in [4.78, 5) is 16.2. The van der Waals surface area contributed by atoms with Crippen molar-refractivity contribution in [2.24, 2.45) is 0 Å². The van der Waals surface area contributed by atoms with Gasteiger partial charge in [0.25, 0.3) is 0 Å². The van der Waals surface area contributed by atoms with E-state index in [0.29, 0.717) is 29.5 Å². The zero-order chi connectivity index (χ0) is 17.4. The second-order valence-electron chi connectivity index (χ2n) is 4.89. The average molecular weight is 331 g/mol. The third kappa shape index (κ3) is 4.60. The molecule has 1 aromatic carbocycles. The van der Waals surface area contributed by atoms with Crippen LogP contribution in [0.1, 0.15) is 5.69 Å². The minimum Gasteiger partial charge on any atom is -0.493 e. The normalized spacial score (nSPS) is 10.1. The largest absolute Gasteiger partial charge is 0.493 e.